The minimum absolute atomic E-state index is 0.751. The number of fused-ring (bicyclic) bond motifs is 1. The molecule has 1 aromatic carbocycles. The van der Waals surface area contributed by atoms with Crippen LogP contribution >= 0.6 is 11.3 Å². The molecule has 0 bridgehead atoms. The van der Waals surface area contributed by atoms with E-state index in [4.69, 9.17) is 0 Å². The average Bonchev–Trinajstić information content (AvgIpc) is 3.39. The molecule has 1 fully saturated rings. The lowest BCUT2D eigenvalue weighted by atomic mass is 10.1. The zero-order chi connectivity index (χ0) is 24.4. The number of hydrogen-bond acceptors (Lipinski definition) is 8. The minimum Gasteiger partial charge on any atom is -0.387 e. The summed E-state index contributed by atoms with van der Waals surface area (Å²) in [6.45, 7) is 12.3. The molecule has 0 unspecified atom stereocenters. The van der Waals surface area contributed by atoms with Crippen LogP contribution in [0, 0.1) is 0 Å². The molecule has 4 heterocycles. The number of likely N-dealkylation sites (N-methyl/N-ethyl adjacent to an activating group) is 1. The van der Waals surface area contributed by atoms with Gasteiger partial charge in [-0.05, 0) is 36.7 Å². The minimum atomic E-state index is 0.751. The van der Waals surface area contributed by atoms with Gasteiger partial charge in [-0.15, -0.1) is 11.3 Å². The van der Waals surface area contributed by atoms with Gasteiger partial charge in [-0.2, -0.15) is 0 Å². The molecule has 0 radical (unpaired) electrons. The molecule has 2 N–H and O–H groups in total. The molecule has 1 aliphatic rings. The maximum Gasteiger partial charge on any atom is 0.130 e. The summed E-state index contributed by atoms with van der Waals surface area (Å²) in [4.78, 5) is 19.5. The molecule has 0 aliphatic carbocycles. The van der Waals surface area contributed by atoms with Crippen LogP contribution in [0.25, 0.3) is 32.7 Å². The molecular weight excluding hydrogens is 454 g/mol. The maximum atomic E-state index is 4.60. The highest BCUT2D eigenvalue weighted by molar-refractivity contribution is 7.16. The lowest BCUT2D eigenvalue weighted by Gasteiger charge is -2.33. The van der Waals surface area contributed by atoms with Crippen LogP contribution in [0.4, 0.5) is 11.6 Å². The van der Waals surface area contributed by atoms with Gasteiger partial charge in [-0.25, -0.2) is 15.0 Å². The third-order valence-electron chi connectivity index (χ3n) is 6.27. The van der Waals surface area contributed by atoms with Crippen molar-refractivity contribution in [3.63, 3.8) is 0 Å². The van der Waals surface area contributed by atoms with Crippen LogP contribution in [0.5, 0.6) is 0 Å². The topological polar surface area (TPSA) is 69.2 Å². The van der Waals surface area contributed by atoms with E-state index < -0.39 is 0 Å². The third-order valence-corrected chi connectivity index (χ3v) is 7.38. The van der Waals surface area contributed by atoms with Crippen molar-refractivity contribution < 1.29 is 0 Å². The zero-order valence-corrected chi connectivity index (χ0v) is 20.9. The molecule has 4 aromatic rings. The van der Waals surface area contributed by atoms with Crippen molar-refractivity contribution >= 4 is 45.1 Å². The number of benzene rings is 1. The second kappa shape index (κ2) is 9.85. The fourth-order valence-electron chi connectivity index (χ4n) is 4.05. The van der Waals surface area contributed by atoms with Crippen molar-refractivity contribution in [2.24, 2.45) is 0 Å². The van der Waals surface area contributed by atoms with Gasteiger partial charge in [0.25, 0.3) is 0 Å². The predicted molar refractivity (Wildman–Crippen MR) is 148 cm³/mol. The summed E-state index contributed by atoms with van der Waals surface area (Å²) in [5.74, 6) is 1.74. The van der Waals surface area contributed by atoms with Gasteiger partial charge in [0.2, 0.25) is 0 Å². The quantitative estimate of drug-likeness (QED) is 0.392. The first-order valence-corrected chi connectivity index (χ1v) is 12.4. The SMILES string of the molecule is C=C(Nc1cc2cc(-c3ncc(C(=C)NC)s3)ccc2cn1)c1ccnc(N2CCN(C)CC2)c1. The van der Waals surface area contributed by atoms with Crippen molar-refractivity contribution in [1.82, 2.24) is 25.2 Å². The molecular formula is C27H29N7S. The Morgan fingerprint density at radius 3 is 2.54 bits per heavy atom. The Hall–Kier alpha value is -3.75. The van der Waals surface area contributed by atoms with E-state index in [-0.39, 0.29) is 0 Å². The van der Waals surface area contributed by atoms with Gasteiger partial charge in [0.1, 0.15) is 16.6 Å². The summed E-state index contributed by atoms with van der Waals surface area (Å²) in [6.07, 6.45) is 5.59. The molecule has 0 amide bonds. The van der Waals surface area contributed by atoms with E-state index in [9.17, 15) is 0 Å². The molecule has 178 valence electrons. The first-order chi connectivity index (χ1) is 17.0. The average molecular weight is 484 g/mol. The summed E-state index contributed by atoms with van der Waals surface area (Å²) < 4.78 is 0. The first kappa shape index (κ1) is 23.0. The summed E-state index contributed by atoms with van der Waals surface area (Å²) in [5, 5.41) is 9.58. The van der Waals surface area contributed by atoms with Gasteiger partial charge < -0.3 is 20.4 Å². The van der Waals surface area contributed by atoms with Gasteiger partial charge in [-0.1, -0.05) is 25.3 Å². The molecule has 1 saturated heterocycles. The van der Waals surface area contributed by atoms with E-state index in [0.717, 1.165) is 81.0 Å². The fraction of sp³-hybridized carbons (Fsp3) is 0.222. The predicted octanol–water partition coefficient (Wildman–Crippen LogP) is 4.78. The number of aromatic nitrogens is 3. The van der Waals surface area contributed by atoms with Crippen LogP contribution in [-0.4, -0.2) is 60.1 Å². The van der Waals surface area contributed by atoms with Gasteiger partial charge in [0.15, 0.2) is 0 Å². The highest BCUT2D eigenvalue weighted by atomic mass is 32.1. The summed E-state index contributed by atoms with van der Waals surface area (Å²) in [7, 11) is 4.02. The molecule has 1 aliphatic heterocycles. The Labute approximate surface area is 209 Å². The molecule has 5 rings (SSSR count). The maximum absolute atomic E-state index is 4.60. The fourth-order valence-corrected chi connectivity index (χ4v) is 4.94. The number of pyridine rings is 2. The summed E-state index contributed by atoms with van der Waals surface area (Å²) in [5.41, 5.74) is 3.74. The smallest absolute Gasteiger partial charge is 0.130 e. The number of nitrogens with one attached hydrogen (secondary N) is 2. The number of thiazole rings is 1. The zero-order valence-electron chi connectivity index (χ0n) is 20.1. The van der Waals surface area contributed by atoms with Crippen molar-refractivity contribution in [3.8, 4) is 10.6 Å². The van der Waals surface area contributed by atoms with E-state index >= 15 is 0 Å². The normalized spacial score (nSPS) is 14.2. The van der Waals surface area contributed by atoms with Crippen molar-refractivity contribution in [3.05, 3.63) is 78.6 Å². The van der Waals surface area contributed by atoms with E-state index in [2.05, 4.69) is 79.9 Å². The largest absolute Gasteiger partial charge is 0.387 e. The number of anilines is 2. The highest BCUT2D eigenvalue weighted by Gasteiger charge is 2.16. The standard InChI is InChI=1S/C27H29N7S/c1-18(20-7-8-29-26(15-20)34-11-9-33(4)10-12-34)32-25-14-23-13-21(5-6-22(23)16-30-25)27-31-17-24(35-27)19(2)28-3/h5-8,13-17,28H,1-2,9-12H2,3-4H3,(H,30,32). The Balaban J connectivity index is 1.35. The van der Waals surface area contributed by atoms with Crippen molar-refractivity contribution in [1.29, 1.82) is 0 Å². The van der Waals surface area contributed by atoms with E-state index in [1.165, 1.54) is 0 Å². The lowest BCUT2D eigenvalue weighted by Crippen LogP contribution is -2.44. The molecule has 0 atom stereocenters. The van der Waals surface area contributed by atoms with Gasteiger partial charge in [0.05, 0.1) is 4.88 Å². The van der Waals surface area contributed by atoms with E-state index in [1.54, 1.807) is 11.3 Å². The summed E-state index contributed by atoms with van der Waals surface area (Å²) >= 11 is 1.62. The molecule has 0 spiro atoms. The second-order valence-electron chi connectivity index (χ2n) is 8.69. The second-order valence-corrected chi connectivity index (χ2v) is 9.72. The van der Waals surface area contributed by atoms with E-state index in [1.807, 2.05) is 37.8 Å². The number of hydrogen-bond donors (Lipinski definition) is 2. The number of rotatable bonds is 7. The van der Waals surface area contributed by atoms with Crippen LogP contribution < -0.4 is 15.5 Å². The number of piperazine rings is 1. The molecule has 35 heavy (non-hydrogen) atoms. The third kappa shape index (κ3) is 5.03. The van der Waals surface area contributed by atoms with Crippen LogP contribution in [0.2, 0.25) is 0 Å². The van der Waals surface area contributed by atoms with Crippen LogP contribution in [-0.2, 0) is 0 Å². The molecule has 8 heteroatoms. The van der Waals surface area contributed by atoms with Gasteiger partial charge >= 0.3 is 0 Å². The Morgan fingerprint density at radius 1 is 0.914 bits per heavy atom. The summed E-state index contributed by atoms with van der Waals surface area (Å²) in [6, 6.07) is 12.4. The molecule has 7 nitrogen and oxygen atoms in total. The van der Waals surface area contributed by atoms with Gasteiger partial charge in [-0.3, -0.25) is 0 Å². The highest BCUT2D eigenvalue weighted by Crippen LogP contribution is 2.31. The lowest BCUT2D eigenvalue weighted by molar-refractivity contribution is 0.312. The van der Waals surface area contributed by atoms with Crippen LogP contribution in [0.1, 0.15) is 10.4 Å². The molecule has 3 aromatic heterocycles. The molecule has 0 saturated carbocycles. The van der Waals surface area contributed by atoms with Crippen molar-refractivity contribution in [2.75, 3.05) is 50.5 Å². The Kier molecular flexibility index (Phi) is 6.48. The van der Waals surface area contributed by atoms with Crippen LogP contribution in [0.15, 0.2) is 68.1 Å². The number of nitrogens with zero attached hydrogens (tertiary/aromatic N) is 5. The first-order valence-electron chi connectivity index (χ1n) is 11.6. The van der Waals surface area contributed by atoms with Crippen LogP contribution in [0.3, 0.4) is 0 Å². The monoisotopic (exact) mass is 483 g/mol. The van der Waals surface area contributed by atoms with E-state index in [0.29, 0.717) is 0 Å². The van der Waals surface area contributed by atoms with Crippen molar-refractivity contribution in [2.45, 2.75) is 0 Å². The Bertz CT molecular complexity index is 1390. The Morgan fingerprint density at radius 2 is 1.74 bits per heavy atom. The van der Waals surface area contributed by atoms with Gasteiger partial charge in [0, 0.05) is 79.7 Å².